The lowest BCUT2D eigenvalue weighted by Gasteiger charge is -2.07. The lowest BCUT2D eigenvalue weighted by atomic mass is 10.2. The Morgan fingerprint density at radius 1 is 1.18 bits per heavy atom. The van der Waals surface area contributed by atoms with E-state index >= 15 is 0 Å². The van der Waals surface area contributed by atoms with E-state index in [9.17, 15) is 4.79 Å². The molecule has 0 aromatic heterocycles. The number of hydrazone groups is 1. The standard InChI is InChI=1S/C15H11Cl3N2O2/c16-11-4-1-3-10(7-11)8-19-20-14(21)9-22-13-6-2-5-12(17)15(13)18/h1-8H,9H2,(H,20,21). The van der Waals surface area contributed by atoms with Crippen molar-refractivity contribution in [1.82, 2.24) is 5.43 Å². The van der Waals surface area contributed by atoms with E-state index in [-0.39, 0.29) is 11.6 Å². The molecule has 0 heterocycles. The predicted molar refractivity (Wildman–Crippen MR) is 89.1 cm³/mol. The minimum atomic E-state index is -0.422. The Labute approximate surface area is 142 Å². The fraction of sp³-hybridized carbons (Fsp3) is 0.0667. The van der Waals surface area contributed by atoms with Gasteiger partial charge in [-0.15, -0.1) is 0 Å². The molecule has 7 heteroatoms. The number of amides is 1. The molecule has 114 valence electrons. The fourth-order valence-corrected chi connectivity index (χ4v) is 2.08. The SMILES string of the molecule is O=C(COc1cccc(Cl)c1Cl)NN=Cc1cccc(Cl)c1. The first kappa shape index (κ1) is 16.6. The van der Waals surface area contributed by atoms with Gasteiger partial charge in [0, 0.05) is 5.02 Å². The van der Waals surface area contributed by atoms with E-state index in [2.05, 4.69) is 10.5 Å². The van der Waals surface area contributed by atoms with Crippen LogP contribution in [0, 0.1) is 0 Å². The maximum absolute atomic E-state index is 11.6. The molecule has 0 atom stereocenters. The van der Waals surface area contributed by atoms with Gasteiger partial charge in [0.25, 0.3) is 5.91 Å². The van der Waals surface area contributed by atoms with Crippen LogP contribution in [0.25, 0.3) is 0 Å². The molecular weight excluding hydrogens is 347 g/mol. The second-order valence-electron chi connectivity index (χ2n) is 4.19. The van der Waals surface area contributed by atoms with Crippen molar-refractivity contribution >= 4 is 46.9 Å². The molecular formula is C15H11Cl3N2O2. The van der Waals surface area contributed by atoms with Gasteiger partial charge in [-0.25, -0.2) is 5.43 Å². The first-order chi connectivity index (χ1) is 10.6. The van der Waals surface area contributed by atoms with Crippen LogP contribution in [0.15, 0.2) is 47.6 Å². The molecule has 2 rings (SSSR count). The average molecular weight is 358 g/mol. The van der Waals surface area contributed by atoms with Gasteiger partial charge in [0.15, 0.2) is 6.61 Å². The smallest absolute Gasteiger partial charge is 0.277 e. The molecule has 0 aliphatic carbocycles. The maximum Gasteiger partial charge on any atom is 0.277 e. The fourth-order valence-electron chi connectivity index (χ4n) is 1.54. The average Bonchev–Trinajstić information content (AvgIpc) is 2.49. The van der Waals surface area contributed by atoms with E-state index in [4.69, 9.17) is 39.5 Å². The molecule has 1 N–H and O–H groups in total. The summed E-state index contributed by atoms with van der Waals surface area (Å²) >= 11 is 17.6. The van der Waals surface area contributed by atoms with Crippen molar-refractivity contribution in [2.75, 3.05) is 6.61 Å². The highest BCUT2D eigenvalue weighted by Crippen LogP contribution is 2.31. The minimum Gasteiger partial charge on any atom is -0.482 e. The van der Waals surface area contributed by atoms with Crippen molar-refractivity contribution in [2.45, 2.75) is 0 Å². The number of rotatable bonds is 5. The van der Waals surface area contributed by atoms with E-state index in [1.54, 1.807) is 36.4 Å². The zero-order valence-electron chi connectivity index (χ0n) is 11.2. The summed E-state index contributed by atoms with van der Waals surface area (Å²) in [5, 5.41) is 5.03. The highest BCUT2D eigenvalue weighted by atomic mass is 35.5. The number of hydrogen-bond donors (Lipinski definition) is 1. The van der Waals surface area contributed by atoms with Gasteiger partial charge in [0.2, 0.25) is 0 Å². The van der Waals surface area contributed by atoms with E-state index in [0.717, 1.165) is 5.56 Å². The van der Waals surface area contributed by atoms with E-state index in [1.165, 1.54) is 6.21 Å². The Balaban J connectivity index is 1.84. The second kappa shape index (κ2) is 8.03. The number of nitrogens with zero attached hydrogens (tertiary/aromatic N) is 1. The van der Waals surface area contributed by atoms with Gasteiger partial charge in [-0.1, -0.05) is 53.0 Å². The summed E-state index contributed by atoms with van der Waals surface area (Å²) in [5.41, 5.74) is 3.11. The molecule has 0 aliphatic heterocycles. The summed E-state index contributed by atoms with van der Waals surface area (Å²) in [6, 6.07) is 12.0. The molecule has 1 amide bonds. The van der Waals surface area contributed by atoms with Gasteiger partial charge < -0.3 is 4.74 Å². The molecule has 0 aliphatic rings. The van der Waals surface area contributed by atoms with Crippen LogP contribution < -0.4 is 10.2 Å². The highest BCUT2D eigenvalue weighted by Gasteiger charge is 2.07. The first-order valence-corrected chi connectivity index (χ1v) is 7.34. The molecule has 0 saturated carbocycles. The van der Waals surface area contributed by atoms with Crippen LogP contribution >= 0.6 is 34.8 Å². The van der Waals surface area contributed by atoms with Crippen molar-refractivity contribution in [1.29, 1.82) is 0 Å². The molecule has 2 aromatic carbocycles. The van der Waals surface area contributed by atoms with Crippen LogP contribution in [-0.4, -0.2) is 18.7 Å². The van der Waals surface area contributed by atoms with Crippen molar-refractivity contribution in [2.24, 2.45) is 5.10 Å². The van der Waals surface area contributed by atoms with Gasteiger partial charge in [0.05, 0.1) is 11.2 Å². The van der Waals surface area contributed by atoms with Crippen LogP contribution in [0.4, 0.5) is 0 Å². The normalized spacial score (nSPS) is 10.7. The monoisotopic (exact) mass is 356 g/mol. The van der Waals surface area contributed by atoms with Crippen molar-refractivity contribution in [3.8, 4) is 5.75 Å². The van der Waals surface area contributed by atoms with Crippen LogP contribution in [-0.2, 0) is 4.79 Å². The van der Waals surface area contributed by atoms with E-state index < -0.39 is 5.91 Å². The summed E-state index contributed by atoms with van der Waals surface area (Å²) in [5.74, 6) is -0.0857. The third-order valence-corrected chi connectivity index (χ3v) is 3.56. The van der Waals surface area contributed by atoms with Crippen LogP contribution in [0.5, 0.6) is 5.75 Å². The number of carbonyl (C=O) groups excluding carboxylic acids is 1. The minimum absolute atomic E-state index is 0.229. The molecule has 0 saturated heterocycles. The zero-order valence-corrected chi connectivity index (χ0v) is 13.5. The summed E-state index contributed by atoms with van der Waals surface area (Å²) in [4.78, 5) is 11.6. The molecule has 0 fully saturated rings. The van der Waals surface area contributed by atoms with E-state index in [1.807, 2.05) is 6.07 Å². The van der Waals surface area contributed by atoms with Crippen LogP contribution in [0.3, 0.4) is 0 Å². The number of benzene rings is 2. The summed E-state index contributed by atoms with van der Waals surface area (Å²) in [7, 11) is 0. The molecule has 0 bridgehead atoms. The molecule has 2 aromatic rings. The predicted octanol–water partition coefficient (Wildman–Crippen LogP) is 4.18. The molecule has 4 nitrogen and oxygen atoms in total. The number of carbonyl (C=O) groups is 1. The summed E-state index contributed by atoms with van der Waals surface area (Å²) in [6.45, 7) is -0.229. The van der Waals surface area contributed by atoms with Gasteiger partial charge in [-0.2, -0.15) is 5.10 Å². The Hall–Kier alpha value is -1.75. The topological polar surface area (TPSA) is 50.7 Å². The van der Waals surface area contributed by atoms with Crippen LogP contribution in [0.1, 0.15) is 5.56 Å². The maximum atomic E-state index is 11.6. The molecule has 0 spiro atoms. The zero-order chi connectivity index (χ0) is 15.9. The lowest BCUT2D eigenvalue weighted by molar-refractivity contribution is -0.123. The molecule has 0 radical (unpaired) electrons. The number of halogens is 3. The van der Waals surface area contributed by atoms with E-state index in [0.29, 0.717) is 15.8 Å². The molecule has 0 unspecified atom stereocenters. The second-order valence-corrected chi connectivity index (χ2v) is 5.41. The Kier molecular flexibility index (Phi) is 6.07. The lowest BCUT2D eigenvalue weighted by Crippen LogP contribution is -2.24. The van der Waals surface area contributed by atoms with Crippen molar-refractivity contribution in [3.05, 3.63) is 63.1 Å². The van der Waals surface area contributed by atoms with Gasteiger partial charge in [-0.3, -0.25) is 4.79 Å². The van der Waals surface area contributed by atoms with Gasteiger partial charge >= 0.3 is 0 Å². The Bertz CT molecular complexity index is 705. The van der Waals surface area contributed by atoms with Crippen LogP contribution in [0.2, 0.25) is 15.1 Å². The van der Waals surface area contributed by atoms with Gasteiger partial charge in [-0.05, 0) is 29.8 Å². The third-order valence-electron chi connectivity index (χ3n) is 2.53. The van der Waals surface area contributed by atoms with Crippen molar-refractivity contribution in [3.63, 3.8) is 0 Å². The molecule has 22 heavy (non-hydrogen) atoms. The quantitative estimate of drug-likeness (QED) is 0.645. The summed E-state index contributed by atoms with van der Waals surface area (Å²) in [6.07, 6.45) is 1.48. The van der Waals surface area contributed by atoms with Gasteiger partial charge in [0.1, 0.15) is 10.8 Å². The third kappa shape index (κ3) is 4.91. The Morgan fingerprint density at radius 3 is 2.73 bits per heavy atom. The largest absolute Gasteiger partial charge is 0.482 e. The number of nitrogens with one attached hydrogen (secondary N) is 1. The highest BCUT2D eigenvalue weighted by molar-refractivity contribution is 6.42. The number of ether oxygens (including phenoxy) is 1. The van der Waals surface area contributed by atoms with Crippen molar-refractivity contribution < 1.29 is 9.53 Å². The summed E-state index contributed by atoms with van der Waals surface area (Å²) < 4.78 is 5.28. The Morgan fingerprint density at radius 2 is 1.95 bits per heavy atom. The first-order valence-electron chi connectivity index (χ1n) is 6.20. The number of hydrogen-bond acceptors (Lipinski definition) is 3.